The van der Waals surface area contributed by atoms with Crippen molar-refractivity contribution in [2.45, 2.75) is 20.0 Å². The number of ether oxygens (including phenoxy) is 1. The van der Waals surface area contributed by atoms with Gasteiger partial charge in [-0.2, -0.15) is 4.39 Å². The molecule has 0 aliphatic heterocycles. The van der Waals surface area contributed by atoms with Crippen LogP contribution in [-0.2, 0) is 14.3 Å². The van der Waals surface area contributed by atoms with Gasteiger partial charge in [-0.1, -0.05) is 0 Å². The van der Waals surface area contributed by atoms with E-state index in [0.29, 0.717) is 10.8 Å². The molecule has 0 radical (unpaired) electrons. The number of aromatic nitrogens is 2. The van der Waals surface area contributed by atoms with E-state index in [2.05, 4.69) is 10.1 Å². The van der Waals surface area contributed by atoms with Crippen LogP contribution in [0.2, 0.25) is 0 Å². The average molecular weight is 273 g/mol. The van der Waals surface area contributed by atoms with E-state index in [1.807, 2.05) is 0 Å². The zero-order valence-corrected chi connectivity index (χ0v) is 10.2. The monoisotopic (exact) mass is 273 g/mol. The maximum absolute atomic E-state index is 13.1. The van der Waals surface area contributed by atoms with Crippen molar-refractivity contribution in [3.05, 3.63) is 32.9 Å². The van der Waals surface area contributed by atoms with Gasteiger partial charge in [-0.3, -0.25) is 19.1 Å². The summed E-state index contributed by atoms with van der Waals surface area (Å²) in [7, 11) is 0. The van der Waals surface area contributed by atoms with E-state index in [-0.39, 0.29) is 6.61 Å². The first-order chi connectivity index (χ1) is 8.86. The molecule has 9 heteroatoms. The van der Waals surface area contributed by atoms with Crippen LogP contribution < -0.4 is 16.6 Å². The molecule has 2 N–H and O–H groups in total. The van der Waals surface area contributed by atoms with Gasteiger partial charge in [0.15, 0.2) is 0 Å². The number of nitrogens with one attached hydrogen (secondary N) is 2. The third-order valence-corrected chi connectivity index (χ3v) is 2.05. The van der Waals surface area contributed by atoms with Crippen LogP contribution in [0.25, 0.3) is 0 Å². The molecule has 1 amide bonds. The summed E-state index contributed by atoms with van der Waals surface area (Å²) in [6, 6.07) is 0. The van der Waals surface area contributed by atoms with Gasteiger partial charge in [0.1, 0.15) is 0 Å². The molecular formula is C10H12FN3O5. The molecule has 0 saturated carbocycles. The number of carbonyl (C=O) groups excluding carboxylic acids is 2. The largest absolute Gasteiger partial charge is 0.463 e. The standard InChI is InChI=1S/C10H12FN3O5/c1-3-19-9(17)7(12-5(2)15)14-4-6(11)8(16)13-10(14)18/h4,7H,3H2,1-2H3,(H,12,15)(H,13,16,18). The topological polar surface area (TPSA) is 110 Å². The highest BCUT2D eigenvalue weighted by Gasteiger charge is 2.24. The molecule has 0 fully saturated rings. The number of halogens is 1. The Hall–Kier alpha value is -2.45. The number of nitrogens with zero attached hydrogens (tertiary/aromatic N) is 1. The van der Waals surface area contributed by atoms with E-state index in [4.69, 9.17) is 0 Å². The fourth-order valence-electron chi connectivity index (χ4n) is 1.31. The van der Waals surface area contributed by atoms with Crippen LogP contribution in [-0.4, -0.2) is 28.0 Å². The number of hydrogen-bond donors (Lipinski definition) is 2. The van der Waals surface area contributed by atoms with Crippen LogP contribution in [0.4, 0.5) is 4.39 Å². The van der Waals surface area contributed by atoms with Crippen LogP contribution in [0, 0.1) is 5.82 Å². The molecule has 19 heavy (non-hydrogen) atoms. The van der Waals surface area contributed by atoms with E-state index in [1.54, 1.807) is 4.98 Å². The molecule has 0 bridgehead atoms. The second-order valence-corrected chi connectivity index (χ2v) is 3.50. The van der Waals surface area contributed by atoms with Crippen molar-refractivity contribution < 1.29 is 18.7 Å². The van der Waals surface area contributed by atoms with Crippen molar-refractivity contribution in [3.8, 4) is 0 Å². The Morgan fingerprint density at radius 2 is 2.16 bits per heavy atom. The van der Waals surface area contributed by atoms with Crippen LogP contribution in [0.15, 0.2) is 15.8 Å². The molecule has 104 valence electrons. The lowest BCUT2D eigenvalue weighted by Gasteiger charge is -2.18. The molecule has 8 nitrogen and oxygen atoms in total. The van der Waals surface area contributed by atoms with Gasteiger partial charge in [0.2, 0.25) is 17.9 Å². The van der Waals surface area contributed by atoms with E-state index in [1.165, 1.54) is 6.92 Å². The predicted molar refractivity (Wildman–Crippen MR) is 60.8 cm³/mol. The van der Waals surface area contributed by atoms with Crippen molar-refractivity contribution in [2.24, 2.45) is 0 Å². The molecule has 0 saturated heterocycles. The van der Waals surface area contributed by atoms with Gasteiger partial charge in [-0.05, 0) is 6.92 Å². The molecular weight excluding hydrogens is 261 g/mol. The van der Waals surface area contributed by atoms with Crippen LogP contribution in [0.1, 0.15) is 20.0 Å². The number of hydrogen-bond acceptors (Lipinski definition) is 5. The molecule has 0 aromatic carbocycles. The van der Waals surface area contributed by atoms with Crippen molar-refractivity contribution >= 4 is 11.9 Å². The lowest BCUT2D eigenvalue weighted by Crippen LogP contribution is -2.44. The summed E-state index contributed by atoms with van der Waals surface area (Å²) in [6.07, 6.45) is -1.02. The van der Waals surface area contributed by atoms with Crippen molar-refractivity contribution in [1.82, 2.24) is 14.9 Å². The second kappa shape index (κ2) is 5.94. The normalized spacial score (nSPS) is 11.7. The minimum atomic E-state index is -1.55. The molecule has 1 rings (SSSR count). The van der Waals surface area contributed by atoms with E-state index < -0.39 is 35.1 Å². The molecule has 1 heterocycles. The molecule has 1 unspecified atom stereocenters. The van der Waals surface area contributed by atoms with Crippen LogP contribution in [0.3, 0.4) is 0 Å². The number of rotatable bonds is 4. The van der Waals surface area contributed by atoms with Gasteiger partial charge >= 0.3 is 11.7 Å². The molecule has 0 aliphatic rings. The number of esters is 1. The first-order valence-corrected chi connectivity index (χ1v) is 5.31. The second-order valence-electron chi connectivity index (χ2n) is 3.50. The minimum absolute atomic E-state index is 0.00943. The van der Waals surface area contributed by atoms with Crippen LogP contribution >= 0.6 is 0 Å². The fourth-order valence-corrected chi connectivity index (χ4v) is 1.31. The van der Waals surface area contributed by atoms with Gasteiger partial charge in [-0.25, -0.2) is 9.59 Å². The third kappa shape index (κ3) is 3.50. The number of aromatic amines is 1. The van der Waals surface area contributed by atoms with Gasteiger partial charge in [0.05, 0.1) is 12.8 Å². The summed E-state index contributed by atoms with van der Waals surface area (Å²) < 4.78 is 18.3. The van der Waals surface area contributed by atoms with Gasteiger partial charge in [0.25, 0.3) is 5.56 Å². The first-order valence-electron chi connectivity index (χ1n) is 5.31. The smallest absolute Gasteiger partial charge is 0.350 e. The maximum Gasteiger partial charge on any atom is 0.350 e. The summed E-state index contributed by atoms with van der Waals surface area (Å²) >= 11 is 0. The van der Waals surface area contributed by atoms with Crippen molar-refractivity contribution in [2.75, 3.05) is 6.61 Å². The molecule has 1 aromatic rings. The first kappa shape index (κ1) is 14.6. The molecule has 0 spiro atoms. The number of carbonyl (C=O) groups is 2. The summed E-state index contributed by atoms with van der Waals surface area (Å²) in [5.74, 6) is -2.85. The Labute approximate surface area is 106 Å². The predicted octanol–water partition coefficient (Wildman–Crippen LogP) is -1.13. The highest BCUT2D eigenvalue weighted by molar-refractivity contribution is 5.81. The number of H-pyrrole nitrogens is 1. The van der Waals surface area contributed by atoms with Crippen LogP contribution in [0.5, 0.6) is 0 Å². The van der Waals surface area contributed by atoms with Gasteiger partial charge in [-0.15, -0.1) is 0 Å². The Kier molecular flexibility index (Phi) is 4.56. The summed E-state index contributed by atoms with van der Waals surface area (Å²) in [5.41, 5.74) is -2.26. The Balaban J connectivity index is 3.28. The lowest BCUT2D eigenvalue weighted by molar-refractivity contribution is -0.150. The SMILES string of the molecule is CCOC(=O)C(NC(C)=O)n1cc(F)c(=O)[nH]c1=O. The van der Waals surface area contributed by atoms with Gasteiger partial charge in [0, 0.05) is 6.92 Å². The zero-order chi connectivity index (χ0) is 14.6. The minimum Gasteiger partial charge on any atom is -0.463 e. The Morgan fingerprint density at radius 1 is 1.53 bits per heavy atom. The molecule has 1 aromatic heterocycles. The highest BCUT2D eigenvalue weighted by Crippen LogP contribution is 2.02. The molecule has 0 aliphatic carbocycles. The highest BCUT2D eigenvalue weighted by atomic mass is 19.1. The van der Waals surface area contributed by atoms with E-state index in [0.717, 1.165) is 6.92 Å². The summed E-state index contributed by atoms with van der Waals surface area (Å²) in [4.78, 5) is 46.7. The average Bonchev–Trinajstić information content (AvgIpc) is 2.31. The quantitative estimate of drug-likeness (QED) is 0.675. The Morgan fingerprint density at radius 3 is 2.68 bits per heavy atom. The van der Waals surface area contributed by atoms with E-state index >= 15 is 0 Å². The fraction of sp³-hybridized carbons (Fsp3) is 0.400. The third-order valence-electron chi connectivity index (χ3n) is 2.05. The van der Waals surface area contributed by atoms with E-state index in [9.17, 15) is 23.6 Å². The summed E-state index contributed by atoms with van der Waals surface area (Å²) in [6.45, 7) is 2.65. The molecule has 1 atom stereocenters. The maximum atomic E-state index is 13.1. The summed E-state index contributed by atoms with van der Waals surface area (Å²) in [5, 5.41) is 2.13. The zero-order valence-electron chi connectivity index (χ0n) is 10.2. The number of amides is 1. The lowest BCUT2D eigenvalue weighted by atomic mass is 10.4. The Bertz CT molecular complexity index is 606. The van der Waals surface area contributed by atoms with Gasteiger partial charge < -0.3 is 10.1 Å². The van der Waals surface area contributed by atoms with Crippen molar-refractivity contribution in [1.29, 1.82) is 0 Å². The van der Waals surface area contributed by atoms with Crippen molar-refractivity contribution in [3.63, 3.8) is 0 Å².